The first-order valence-electron chi connectivity index (χ1n) is 5.09. The standard InChI is InChI=1S/C11H18N2/c1-4-12-7-11(8-12)13-9(2)5-6-10(13)3/h5-6,11H,4,7-8H2,1-3H3. The van der Waals surface area contributed by atoms with Gasteiger partial charge in [-0.05, 0) is 32.5 Å². The van der Waals surface area contributed by atoms with E-state index in [0.717, 1.165) is 6.04 Å². The van der Waals surface area contributed by atoms with Crippen LogP contribution in [0.2, 0.25) is 0 Å². The zero-order valence-corrected chi connectivity index (χ0v) is 8.75. The summed E-state index contributed by atoms with van der Waals surface area (Å²) < 4.78 is 2.46. The first kappa shape index (κ1) is 8.82. The summed E-state index contributed by atoms with van der Waals surface area (Å²) in [6, 6.07) is 5.16. The topological polar surface area (TPSA) is 8.17 Å². The van der Waals surface area contributed by atoms with Crippen molar-refractivity contribution in [2.45, 2.75) is 26.8 Å². The Morgan fingerprint density at radius 2 is 1.77 bits per heavy atom. The molecule has 2 heterocycles. The predicted octanol–water partition coefficient (Wildman–Crippen LogP) is 1.98. The van der Waals surface area contributed by atoms with Crippen molar-refractivity contribution >= 4 is 0 Å². The highest BCUT2D eigenvalue weighted by Crippen LogP contribution is 2.24. The van der Waals surface area contributed by atoms with Crippen LogP contribution in [0, 0.1) is 13.8 Å². The fourth-order valence-corrected chi connectivity index (χ4v) is 2.22. The third-order valence-electron chi connectivity index (χ3n) is 3.08. The third kappa shape index (κ3) is 1.39. The monoisotopic (exact) mass is 178 g/mol. The molecule has 2 heteroatoms. The van der Waals surface area contributed by atoms with E-state index in [4.69, 9.17) is 0 Å². The molecule has 0 unspecified atom stereocenters. The van der Waals surface area contributed by atoms with Gasteiger partial charge in [-0.1, -0.05) is 6.92 Å². The van der Waals surface area contributed by atoms with Crippen LogP contribution in [0.25, 0.3) is 0 Å². The lowest BCUT2D eigenvalue weighted by atomic mass is 10.1. The SMILES string of the molecule is CCN1CC(n2c(C)ccc2C)C1. The van der Waals surface area contributed by atoms with Crippen molar-refractivity contribution in [3.05, 3.63) is 23.5 Å². The van der Waals surface area contributed by atoms with E-state index in [-0.39, 0.29) is 0 Å². The quantitative estimate of drug-likeness (QED) is 0.672. The third-order valence-corrected chi connectivity index (χ3v) is 3.08. The van der Waals surface area contributed by atoms with E-state index in [1.807, 2.05) is 0 Å². The molecule has 1 saturated heterocycles. The number of hydrogen-bond donors (Lipinski definition) is 0. The second kappa shape index (κ2) is 3.18. The van der Waals surface area contributed by atoms with Gasteiger partial charge < -0.3 is 4.57 Å². The Morgan fingerprint density at radius 3 is 2.23 bits per heavy atom. The molecule has 1 aromatic heterocycles. The van der Waals surface area contributed by atoms with E-state index in [2.05, 4.69) is 42.4 Å². The summed E-state index contributed by atoms with van der Waals surface area (Å²) in [6.07, 6.45) is 0. The fraction of sp³-hybridized carbons (Fsp3) is 0.636. The molecular formula is C11H18N2. The number of nitrogens with zero attached hydrogens (tertiary/aromatic N) is 2. The van der Waals surface area contributed by atoms with Gasteiger partial charge in [-0.3, -0.25) is 4.90 Å². The highest BCUT2D eigenvalue weighted by Gasteiger charge is 2.27. The largest absolute Gasteiger partial charge is 0.344 e. The zero-order valence-electron chi connectivity index (χ0n) is 8.75. The van der Waals surface area contributed by atoms with Crippen molar-refractivity contribution in [3.8, 4) is 0 Å². The van der Waals surface area contributed by atoms with E-state index in [1.165, 1.54) is 31.0 Å². The van der Waals surface area contributed by atoms with Gasteiger partial charge in [0.05, 0.1) is 6.04 Å². The molecular weight excluding hydrogens is 160 g/mol. The minimum atomic E-state index is 0.731. The number of aromatic nitrogens is 1. The molecule has 0 saturated carbocycles. The van der Waals surface area contributed by atoms with Gasteiger partial charge in [-0.2, -0.15) is 0 Å². The molecule has 2 nitrogen and oxygen atoms in total. The Bertz CT molecular complexity index is 276. The Kier molecular flexibility index (Phi) is 2.16. The molecule has 1 aromatic rings. The molecule has 13 heavy (non-hydrogen) atoms. The lowest BCUT2D eigenvalue weighted by Crippen LogP contribution is -2.47. The number of aryl methyl sites for hydroxylation is 2. The summed E-state index contributed by atoms with van der Waals surface area (Å²) in [4.78, 5) is 2.48. The molecule has 0 N–H and O–H groups in total. The van der Waals surface area contributed by atoms with Gasteiger partial charge in [0.15, 0.2) is 0 Å². The average Bonchev–Trinajstić information content (AvgIpc) is 2.33. The van der Waals surface area contributed by atoms with Crippen LogP contribution in [0.3, 0.4) is 0 Å². The van der Waals surface area contributed by atoms with Crippen molar-refractivity contribution in [2.75, 3.05) is 19.6 Å². The number of likely N-dealkylation sites (tertiary alicyclic amines) is 1. The number of likely N-dealkylation sites (N-methyl/N-ethyl adjacent to an activating group) is 1. The van der Waals surface area contributed by atoms with Gasteiger partial charge in [-0.15, -0.1) is 0 Å². The minimum absolute atomic E-state index is 0.731. The van der Waals surface area contributed by atoms with Crippen LogP contribution < -0.4 is 0 Å². The summed E-state index contributed by atoms with van der Waals surface area (Å²) in [6.45, 7) is 10.3. The fourth-order valence-electron chi connectivity index (χ4n) is 2.22. The van der Waals surface area contributed by atoms with Crippen LogP contribution >= 0.6 is 0 Å². The lowest BCUT2D eigenvalue weighted by Gasteiger charge is -2.40. The van der Waals surface area contributed by atoms with Gasteiger partial charge in [0, 0.05) is 24.5 Å². The molecule has 72 valence electrons. The second-order valence-corrected chi connectivity index (χ2v) is 3.99. The first-order chi connectivity index (χ1) is 6.22. The average molecular weight is 178 g/mol. The van der Waals surface area contributed by atoms with Crippen molar-refractivity contribution in [2.24, 2.45) is 0 Å². The Morgan fingerprint density at radius 1 is 1.23 bits per heavy atom. The molecule has 0 aromatic carbocycles. The first-order valence-corrected chi connectivity index (χ1v) is 5.09. The summed E-state index contributed by atoms with van der Waals surface area (Å²) in [5, 5.41) is 0. The highest BCUT2D eigenvalue weighted by atomic mass is 15.3. The number of hydrogen-bond acceptors (Lipinski definition) is 1. The molecule has 0 spiro atoms. The van der Waals surface area contributed by atoms with Crippen LogP contribution in [-0.4, -0.2) is 29.1 Å². The molecule has 0 bridgehead atoms. The smallest absolute Gasteiger partial charge is 0.0589 e. The molecule has 0 atom stereocenters. The van der Waals surface area contributed by atoms with Crippen LogP contribution in [-0.2, 0) is 0 Å². The van der Waals surface area contributed by atoms with Crippen LogP contribution in [0.5, 0.6) is 0 Å². The number of rotatable bonds is 2. The summed E-state index contributed by atoms with van der Waals surface area (Å²) in [5.74, 6) is 0. The maximum atomic E-state index is 2.48. The molecule has 0 amide bonds. The summed E-state index contributed by atoms with van der Waals surface area (Å²) in [7, 11) is 0. The van der Waals surface area contributed by atoms with Gasteiger partial charge in [0.25, 0.3) is 0 Å². The maximum absolute atomic E-state index is 2.48. The molecule has 1 aliphatic rings. The van der Waals surface area contributed by atoms with Crippen LogP contribution in [0.15, 0.2) is 12.1 Å². The van der Waals surface area contributed by atoms with Crippen molar-refractivity contribution in [1.82, 2.24) is 9.47 Å². The van der Waals surface area contributed by atoms with Gasteiger partial charge in [-0.25, -0.2) is 0 Å². The Balaban J connectivity index is 2.10. The van der Waals surface area contributed by atoms with Crippen molar-refractivity contribution < 1.29 is 0 Å². The Hall–Kier alpha value is -0.760. The van der Waals surface area contributed by atoms with E-state index in [0.29, 0.717) is 0 Å². The second-order valence-electron chi connectivity index (χ2n) is 3.99. The minimum Gasteiger partial charge on any atom is -0.344 e. The summed E-state index contributed by atoms with van der Waals surface area (Å²) in [5.41, 5.74) is 2.80. The normalized spacial score (nSPS) is 19.0. The molecule has 1 fully saturated rings. The van der Waals surface area contributed by atoms with Gasteiger partial charge in [0.1, 0.15) is 0 Å². The zero-order chi connectivity index (χ0) is 9.42. The predicted molar refractivity (Wildman–Crippen MR) is 55.1 cm³/mol. The molecule has 1 aliphatic heterocycles. The van der Waals surface area contributed by atoms with Crippen molar-refractivity contribution in [1.29, 1.82) is 0 Å². The molecule has 0 aliphatic carbocycles. The highest BCUT2D eigenvalue weighted by molar-refractivity contribution is 5.16. The molecule has 2 rings (SSSR count). The van der Waals surface area contributed by atoms with E-state index in [9.17, 15) is 0 Å². The van der Waals surface area contributed by atoms with E-state index >= 15 is 0 Å². The van der Waals surface area contributed by atoms with Crippen LogP contribution in [0.1, 0.15) is 24.4 Å². The maximum Gasteiger partial charge on any atom is 0.0589 e. The summed E-state index contributed by atoms with van der Waals surface area (Å²) >= 11 is 0. The van der Waals surface area contributed by atoms with Crippen LogP contribution in [0.4, 0.5) is 0 Å². The van der Waals surface area contributed by atoms with E-state index in [1.54, 1.807) is 0 Å². The van der Waals surface area contributed by atoms with E-state index < -0.39 is 0 Å². The molecule has 0 radical (unpaired) electrons. The van der Waals surface area contributed by atoms with Crippen molar-refractivity contribution in [3.63, 3.8) is 0 Å². The van der Waals surface area contributed by atoms with Gasteiger partial charge in [0.2, 0.25) is 0 Å². The Labute approximate surface area is 80.2 Å². The lowest BCUT2D eigenvalue weighted by molar-refractivity contribution is 0.112. The van der Waals surface area contributed by atoms with Gasteiger partial charge >= 0.3 is 0 Å².